The fourth-order valence-corrected chi connectivity index (χ4v) is 1.40. The molecule has 0 aliphatic heterocycles. The Labute approximate surface area is 95.2 Å². The number of aliphatic carboxylic acids is 1. The zero-order valence-corrected chi connectivity index (χ0v) is 9.78. The van der Waals surface area contributed by atoms with Crippen LogP contribution in [0.4, 0.5) is 0 Å². The van der Waals surface area contributed by atoms with Crippen molar-refractivity contribution in [1.29, 1.82) is 0 Å². The van der Waals surface area contributed by atoms with E-state index in [-0.39, 0.29) is 0 Å². The van der Waals surface area contributed by atoms with Gasteiger partial charge in [-0.15, -0.1) is 0 Å². The van der Waals surface area contributed by atoms with Gasteiger partial charge in [0.05, 0.1) is 7.11 Å². The maximum absolute atomic E-state index is 10.6. The summed E-state index contributed by atoms with van der Waals surface area (Å²) in [6, 6.07) is 5.27. The Morgan fingerprint density at radius 1 is 1.56 bits per heavy atom. The van der Waals surface area contributed by atoms with Crippen LogP contribution in [0.3, 0.4) is 0 Å². The van der Waals surface area contributed by atoms with Crippen LogP contribution in [0.2, 0.25) is 0 Å². The van der Waals surface area contributed by atoms with Crippen LogP contribution < -0.4 is 10.1 Å². The van der Waals surface area contributed by atoms with E-state index in [4.69, 9.17) is 9.84 Å². The minimum atomic E-state index is -0.855. The third kappa shape index (κ3) is 3.24. The SMILES string of the molecule is COc1ccc(C)cc1CNC(C)C(=O)O. The summed E-state index contributed by atoms with van der Waals surface area (Å²) in [5.74, 6) is -0.0812. The van der Waals surface area contributed by atoms with Gasteiger partial charge in [-0.2, -0.15) is 0 Å². The summed E-state index contributed by atoms with van der Waals surface area (Å²) in [6.45, 7) is 4.09. The van der Waals surface area contributed by atoms with E-state index in [1.165, 1.54) is 0 Å². The molecule has 16 heavy (non-hydrogen) atoms. The molecule has 0 heterocycles. The molecule has 1 aromatic rings. The van der Waals surface area contributed by atoms with Crippen molar-refractivity contribution in [3.8, 4) is 5.75 Å². The van der Waals surface area contributed by atoms with Crippen LogP contribution in [0.5, 0.6) is 5.75 Å². The fraction of sp³-hybridized carbons (Fsp3) is 0.417. The molecule has 0 aromatic heterocycles. The van der Waals surface area contributed by atoms with Gasteiger partial charge in [0, 0.05) is 12.1 Å². The highest BCUT2D eigenvalue weighted by Crippen LogP contribution is 2.19. The van der Waals surface area contributed by atoms with E-state index in [1.807, 2.05) is 25.1 Å². The van der Waals surface area contributed by atoms with E-state index in [1.54, 1.807) is 14.0 Å². The van der Waals surface area contributed by atoms with Crippen molar-refractivity contribution in [2.24, 2.45) is 0 Å². The summed E-state index contributed by atoms with van der Waals surface area (Å²) in [4.78, 5) is 10.6. The number of carboxylic acids is 1. The molecule has 0 aliphatic rings. The Balaban J connectivity index is 2.72. The second-order valence-corrected chi connectivity index (χ2v) is 3.76. The summed E-state index contributed by atoms with van der Waals surface area (Å²) < 4.78 is 5.21. The van der Waals surface area contributed by atoms with E-state index < -0.39 is 12.0 Å². The summed E-state index contributed by atoms with van der Waals surface area (Å²) in [5, 5.41) is 11.7. The Morgan fingerprint density at radius 2 is 2.25 bits per heavy atom. The molecule has 0 radical (unpaired) electrons. The van der Waals surface area contributed by atoms with Crippen LogP contribution in [0, 0.1) is 6.92 Å². The van der Waals surface area contributed by atoms with Gasteiger partial charge < -0.3 is 15.2 Å². The lowest BCUT2D eigenvalue weighted by Gasteiger charge is -2.12. The van der Waals surface area contributed by atoms with Gasteiger partial charge >= 0.3 is 5.97 Å². The molecule has 1 rings (SSSR count). The first-order chi connectivity index (χ1) is 7.54. The normalized spacial score (nSPS) is 12.2. The molecule has 1 aromatic carbocycles. The quantitative estimate of drug-likeness (QED) is 0.795. The molecule has 0 aliphatic carbocycles. The Kier molecular flexibility index (Phi) is 4.31. The van der Waals surface area contributed by atoms with Gasteiger partial charge in [0.1, 0.15) is 11.8 Å². The molecule has 0 spiro atoms. The van der Waals surface area contributed by atoms with Crippen LogP contribution in [0.1, 0.15) is 18.1 Å². The smallest absolute Gasteiger partial charge is 0.320 e. The number of rotatable bonds is 5. The molecule has 0 fully saturated rings. The third-order valence-electron chi connectivity index (χ3n) is 2.41. The van der Waals surface area contributed by atoms with Crippen LogP contribution in [-0.2, 0) is 11.3 Å². The van der Waals surface area contributed by atoms with Crippen molar-refractivity contribution in [3.63, 3.8) is 0 Å². The third-order valence-corrected chi connectivity index (χ3v) is 2.41. The molecule has 0 bridgehead atoms. The summed E-state index contributed by atoms with van der Waals surface area (Å²) >= 11 is 0. The first-order valence-electron chi connectivity index (χ1n) is 5.14. The average molecular weight is 223 g/mol. The molecule has 4 nitrogen and oxygen atoms in total. The predicted molar refractivity (Wildman–Crippen MR) is 61.7 cm³/mol. The minimum Gasteiger partial charge on any atom is -0.496 e. The van der Waals surface area contributed by atoms with Crippen molar-refractivity contribution >= 4 is 5.97 Å². The number of carbonyl (C=O) groups is 1. The number of aryl methyl sites for hydroxylation is 1. The molecule has 2 N–H and O–H groups in total. The average Bonchev–Trinajstić information content (AvgIpc) is 2.25. The minimum absolute atomic E-state index is 0.484. The number of benzene rings is 1. The molecular formula is C12H17NO3. The molecule has 1 atom stereocenters. The number of hydrogen-bond donors (Lipinski definition) is 2. The first kappa shape index (κ1) is 12.5. The summed E-state index contributed by atoms with van der Waals surface area (Å²) in [6.07, 6.45) is 0. The highest BCUT2D eigenvalue weighted by Gasteiger charge is 2.11. The molecular weight excluding hydrogens is 206 g/mol. The van der Waals surface area contributed by atoms with Gasteiger partial charge in [0.2, 0.25) is 0 Å². The fourth-order valence-electron chi connectivity index (χ4n) is 1.40. The van der Waals surface area contributed by atoms with Crippen LogP contribution >= 0.6 is 0 Å². The van der Waals surface area contributed by atoms with E-state index >= 15 is 0 Å². The largest absolute Gasteiger partial charge is 0.496 e. The number of hydrogen-bond acceptors (Lipinski definition) is 3. The van der Waals surface area contributed by atoms with E-state index in [0.717, 1.165) is 16.9 Å². The lowest BCUT2D eigenvalue weighted by Crippen LogP contribution is -2.33. The Hall–Kier alpha value is -1.55. The molecule has 4 heteroatoms. The zero-order valence-electron chi connectivity index (χ0n) is 9.78. The van der Waals surface area contributed by atoms with Gasteiger partial charge in [0.25, 0.3) is 0 Å². The monoisotopic (exact) mass is 223 g/mol. The first-order valence-corrected chi connectivity index (χ1v) is 5.14. The van der Waals surface area contributed by atoms with E-state index in [0.29, 0.717) is 6.54 Å². The van der Waals surface area contributed by atoms with Crippen LogP contribution in [-0.4, -0.2) is 24.2 Å². The van der Waals surface area contributed by atoms with Crippen molar-refractivity contribution in [1.82, 2.24) is 5.32 Å². The number of carboxylic acid groups (broad SMARTS) is 1. The van der Waals surface area contributed by atoms with Gasteiger partial charge in [0.15, 0.2) is 0 Å². The molecule has 0 saturated carbocycles. The second-order valence-electron chi connectivity index (χ2n) is 3.76. The lowest BCUT2D eigenvalue weighted by molar-refractivity contribution is -0.139. The lowest BCUT2D eigenvalue weighted by atomic mass is 10.1. The molecule has 88 valence electrons. The number of ether oxygens (including phenoxy) is 1. The maximum atomic E-state index is 10.6. The van der Waals surface area contributed by atoms with Gasteiger partial charge in [-0.25, -0.2) is 0 Å². The molecule has 0 saturated heterocycles. The second kappa shape index (κ2) is 5.51. The van der Waals surface area contributed by atoms with Gasteiger partial charge in [-0.1, -0.05) is 17.7 Å². The standard InChI is InChI=1S/C12H17NO3/c1-8-4-5-11(16-3)10(6-8)7-13-9(2)12(14)15/h4-6,9,13H,7H2,1-3H3,(H,14,15). The zero-order chi connectivity index (χ0) is 12.1. The maximum Gasteiger partial charge on any atom is 0.320 e. The Bertz CT molecular complexity index is 377. The summed E-state index contributed by atoms with van der Waals surface area (Å²) in [5.41, 5.74) is 2.09. The number of methoxy groups -OCH3 is 1. The highest BCUT2D eigenvalue weighted by molar-refractivity contribution is 5.72. The Morgan fingerprint density at radius 3 is 2.81 bits per heavy atom. The van der Waals surface area contributed by atoms with Crippen molar-refractivity contribution in [2.45, 2.75) is 26.4 Å². The van der Waals surface area contributed by atoms with Crippen LogP contribution in [0.25, 0.3) is 0 Å². The number of nitrogens with one attached hydrogen (secondary N) is 1. The predicted octanol–water partition coefficient (Wildman–Crippen LogP) is 1.57. The summed E-state index contributed by atoms with van der Waals surface area (Å²) in [7, 11) is 1.61. The van der Waals surface area contributed by atoms with E-state index in [2.05, 4.69) is 5.32 Å². The molecule has 1 unspecified atom stereocenters. The van der Waals surface area contributed by atoms with Crippen molar-refractivity contribution in [2.75, 3.05) is 7.11 Å². The van der Waals surface area contributed by atoms with Crippen molar-refractivity contribution < 1.29 is 14.6 Å². The molecule has 0 amide bonds. The van der Waals surface area contributed by atoms with Crippen molar-refractivity contribution in [3.05, 3.63) is 29.3 Å². The topological polar surface area (TPSA) is 58.6 Å². The van der Waals surface area contributed by atoms with Gasteiger partial charge in [-0.3, -0.25) is 4.79 Å². The van der Waals surface area contributed by atoms with E-state index in [9.17, 15) is 4.79 Å². The van der Waals surface area contributed by atoms with Gasteiger partial charge in [-0.05, 0) is 19.9 Å². The van der Waals surface area contributed by atoms with Crippen LogP contribution in [0.15, 0.2) is 18.2 Å². The highest BCUT2D eigenvalue weighted by atomic mass is 16.5.